The fraction of sp³-hybridized carbons (Fsp3) is 0.500. The van der Waals surface area contributed by atoms with E-state index in [1.807, 2.05) is 6.07 Å². The van der Waals surface area contributed by atoms with Gasteiger partial charge in [0.1, 0.15) is 6.54 Å². The van der Waals surface area contributed by atoms with E-state index in [9.17, 15) is 21.7 Å². The first kappa shape index (κ1) is 36.7. The molecule has 2 aromatic carbocycles. The van der Waals surface area contributed by atoms with E-state index in [1.54, 1.807) is 0 Å². The highest BCUT2D eigenvalue weighted by Gasteiger charge is 2.45. The number of unbranched alkanes of at least 4 members (excludes halogenated alkanes) is 2. The van der Waals surface area contributed by atoms with Crippen LogP contribution in [-0.2, 0) is 32.0 Å². The fourth-order valence-corrected chi connectivity index (χ4v) is 9.16. The van der Waals surface area contributed by atoms with Gasteiger partial charge in [-0.2, -0.15) is 13.0 Å². The van der Waals surface area contributed by atoms with Gasteiger partial charge in [-0.15, -0.1) is 0 Å². The molecule has 2 aromatic rings. The lowest BCUT2D eigenvalue weighted by Gasteiger charge is -2.27. The molecule has 1 aliphatic carbocycles. The number of hydrogen-bond donors (Lipinski definition) is 2. The van der Waals surface area contributed by atoms with Crippen LogP contribution < -0.4 is 4.90 Å². The predicted molar refractivity (Wildman–Crippen MR) is 199 cm³/mol. The zero-order chi connectivity index (χ0) is 34.7. The highest BCUT2D eigenvalue weighted by molar-refractivity contribution is 7.85. The first-order valence-electron chi connectivity index (χ1n) is 17.1. The van der Waals surface area contributed by atoms with Gasteiger partial charge >= 0.3 is 0 Å². The molecular weight excluding hydrogens is 664 g/mol. The van der Waals surface area contributed by atoms with Gasteiger partial charge in [-0.1, -0.05) is 73.5 Å². The maximum atomic E-state index is 11.3. The summed E-state index contributed by atoms with van der Waals surface area (Å²) in [5, 5.41) is 0.872. The van der Waals surface area contributed by atoms with E-state index in [4.69, 9.17) is 11.6 Å². The Bertz CT molecular complexity index is 1790. The van der Waals surface area contributed by atoms with Gasteiger partial charge in [0.25, 0.3) is 10.1 Å². The number of halogens is 1. The van der Waals surface area contributed by atoms with Gasteiger partial charge in [0.15, 0.2) is 16.8 Å². The van der Waals surface area contributed by atoms with Crippen LogP contribution in [0.3, 0.4) is 0 Å². The van der Waals surface area contributed by atoms with Gasteiger partial charge in [0, 0.05) is 58.6 Å². The number of hydrogen-bond acceptors (Lipinski definition) is 4. The smallest absolute Gasteiger partial charge is 0.264 e. The minimum Gasteiger partial charge on any atom is -0.344 e. The molecule has 7 nitrogen and oxygen atoms in total. The Balaban J connectivity index is 1.38. The van der Waals surface area contributed by atoms with Gasteiger partial charge in [0.2, 0.25) is 5.69 Å². The van der Waals surface area contributed by atoms with Crippen molar-refractivity contribution < 1.29 is 26.3 Å². The molecule has 0 amide bonds. The summed E-state index contributed by atoms with van der Waals surface area (Å²) in [6, 6.07) is 17.0. The zero-order valence-electron chi connectivity index (χ0n) is 28.7. The summed E-state index contributed by atoms with van der Waals surface area (Å²) in [6.45, 7) is 10.5. The number of allylic oxidation sites excluding steroid dienone is 6. The van der Waals surface area contributed by atoms with Crippen LogP contribution in [0.1, 0.15) is 96.6 Å². The summed E-state index contributed by atoms with van der Waals surface area (Å²) in [4.78, 5) is 2.29. The second-order valence-corrected chi connectivity index (χ2v) is 17.3. The average Bonchev–Trinajstić information content (AvgIpc) is 3.38. The number of benzene rings is 2. The first-order valence-corrected chi connectivity index (χ1v) is 20.4. The Labute approximate surface area is 294 Å². The van der Waals surface area contributed by atoms with Gasteiger partial charge in [-0.3, -0.25) is 4.55 Å². The molecule has 5 rings (SSSR count). The molecule has 1 unspecified atom stereocenters. The topological polar surface area (TPSA) is 97.9 Å². The number of rotatable bonds is 14. The molecule has 0 spiro atoms. The van der Waals surface area contributed by atoms with Crippen molar-refractivity contribution in [2.45, 2.75) is 96.3 Å². The molecule has 2 aliphatic heterocycles. The summed E-state index contributed by atoms with van der Waals surface area (Å²) in [5.41, 5.74) is 9.55. The van der Waals surface area contributed by atoms with Crippen LogP contribution in [0.4, 0.5) is 11.4 Å². The Morgan fingerprint density at radius 2 is 1.62 bits per heavy atom. The Hall–Kier alpha value is -2.56. The summed E-state index contributed by atoms with van der Waals surface area (Å²) in [5.74, 6) is 0.0707. The van der Waals surface area contributed by atoms with Crippen LogP contribution in [0, 0.1) is 0 Å². The SMILES string of the molecule is CC1(C)C(CCC2=C(Cl)/C(=C/C=C3\N(CCCCS(=O)(=O)O)c4ccccc4C3(C)C)CCC2)=[N+](CCCCS(=O)O)c2ccccc21. The molecule has 10 heteroatoms. The molecule has 0 saturated heterocycles. The highest BCUT2D eigenvalue weighted by atomic mass is 35.5. The molecule has 48 heavy (non-hydrogen) atoms. The van der Waals surface area contributed by atoms with Crippen molar-refractivity contribution in [3.8, 4) is 0 Å². The van der Waals surface area contributed by atoms with E-state index in [0.29, 0.717) is 31.6 Å². The van der Waals surface area contributed by atoms with Crippen molar-refractivity contribution in [1.29, 1.82) is 0 Å². The zero-order valence-corrected chi connectivity index (χ0v) is 31.1. The van der Waals surface area contributed by atoms with Gasteiger partial charge in [-0.05, 0) is 82.1 Å². The second-order valence-electron chi connectivity index (χ2n) is 14.3. The van der Waals surface area contributed by atoms with E-state index in [-0.39, 0.29) is 16.6 Å². The van der Waals surface area contributed by atoms with Gasteiger partial charge in [0.05, 0.1) is 11.2 Å². The molecule has 0 radical (unpaired) electrons. The summed E-state index contributed by atoms with van der Waals surface area (Å²) in [7, 11) is -3.98. The van der Waals surface area contributed by atoms with E-state index >= 15 is 0 Å². The summed E-state index contributed by atoms with van der Waals surface area (Å²) < 4.78 is 54.8. The van der Waals surface area contributed by atoms with E-state index in [0.717, 1.165) is 67.1 Å². The average molecular weight is 714 g/mol. The molecule has 0 aromatic heterocycles. The molecule has 2 N–H and O–H groups in total. The molecule has 0 saturated carbocycles. The quantitative estimate of drug-likeness (QED) is 0.0879. The van der Waals surface area contributed by atoms with Crippen LogP contribution in [-0.4, -0.2) is 56.6 Å². The lowest BCUT2D eigenvalue weighted by Crippen LogP contribution is -2.30. The van der Waals surface area contributed by atoms with Crippen molar-refractivity contribution in [2.75, 3.05) is 29.5 Å². The molecule has 0 bridgehead atoms. The molecule has 0 fully saturated rings. The van der Waals surface area contributed by atoms with E-state index < -0.39 is 21.2 Å². The number of anilines is 1. The minimum absolute atomic E-state index is 0.116. The normalized spacial score (nSPS) is 20.9. The summed E-state index contributed by atoms with van der Waals surface area (Å²) in [6.07, 6.45) is 11.7. The number of fused-ring (bicyclic) bond motifs is 2. The Kier molecular flexibility index (Phi) is 11.6. The molecular formula is C38H50ClN2O5S2+. The third kappa shape index (κ3) is 8.07. The maximum absolute atomic E-state index is 11.3. The third-order valence-electron chi connectivity index (χ3n) is 10.3. The number of nitrogens with zero attached hydrogens (tertiary/aromatic N) is 2. The van der Waals surface area contributed by atoms with Gasteiger partial charge in [-0.25, -0.2) is 4.21 Å². The lowest BCUT2D eigenvalue weighted by molar-refractivity contribution is -0.440. The molecule has 260 valence electrons. The summed E-state index contributed by atoms with van der Waals surface area (Å²) >= 11 is 5.44. The van der Waals surface area contributed by atoms with E-state index in [1.165, 1.54) is 28.1 Å². The molecule has 1 atom stereocenters. The fourth-order valence-electron chi connectivity index (χ4n) is 7.79. The standard InChI is InChI=1S/C38H49ClN2O5S2/c1-37(2)30-16-5-7-18-32(30)40(24-9-11-26-47(42)43)34(37)22-20-28-14-13-15-29(36(28)39)21-23-35-38(3,4)31-17-6-8-19-33(31)41(35)25-10-12-27-48(44,45)46/h5-8,16-19,21,23H,9-15,20,22,24-27H2,1-4H3,(H-,42,43,44,45,46)/p+1/b29-21+,35-23-. The van der Waals surface area contributed by atoms with Crippen LogP contribution in [0.5, 0.6) is 0 Å². The predicted octanol–water partition coefficient (Wildman–Crippen LogP) is 8.80. The second kappa shape index (κ2) is 15.1. The Morgan fingerprint density at radius 1 is 0.917 bits per heavy atom. The first-order chi connectivity index (χ1) is 22.7. The highest BCUT2D eigenvalue weighted by Crippen LogP contribution is 2.48. The van der Waals surface area contributed by atoms with Crippen molar-refractivity contribution in [3.63, 3.8) is 0 Å². The monoisotopic (exact) mass is 713 g/mol. The molecule has 2 heterocycles. The minimum atomic E-state index is -3.98. The third-order valence-corrected chi connectivity index (χ3v) is 12.3. The largest absolute Gasteiger partial charge is 0.344 e. The maximum Gasteiger partial charge on any atom is 0.264 e. The van der Waals surface area contributed by atoms with Crippen LogP contribution in [0.2, 0.25) is 0 Å². The van der Waals surface area contributed by atoms with Crippen LogP contribution in [0.25, 0.3) is 0 Å². The van der Waals surface area contributed by atoms with Gasteiger partial charge < -0.3 is 9.45 Å². The van der Waals surface area contributed by atoms with Crippen LogP contribution >= 0.6 is 11.6 Å². The Morgan fingerprint density at radius 3 is 2.35 bits per heavy atom. The van der Waals surface area contributed by atoms with Crippen molar-refractivity contribution in [3.05, 3.63) is 93.7 Å². The number of para-hydroxylation sites is 2. The van der Waals surface area contributed by atoms with Crippen LogP contribution in [0.15, 0.2) is 82.6 Å². The van der Waals surface area contributed by atoms with Crippen molar-refractivity contribution in [2.24, 2.45) is 0 Å². The van der Waals surface area contributed by atoms with E-state index in [2.05, 4.69) is 91.8 Å². The molecule has 3 aliphatic rings. The lowest BCUT2D eigenvalue weighted by atomic mass is 9.79. The van der Waals surface area contributed by atoms with Crippen molar-refractivity contribution in [1.82, 2.24) is 0 Å². The van der Waals surface area contributed by atoms with Crippen molar-refractivity contribution >= 4 is 49.9 Å².